The first-order chi connectivity index (χ1) is 8.74. The number of benzene rings is 1. The normalized spacial score (nSPS) is 16.7. The predicted octanol–water partition coefficient (Wildman–Crippen LogP) is 1.56. The van der Waals surface area contributed by atoms with Gasteiger partial charge in [0.15, 0.2) is 0 Å². The van der Waals surface area contributed by atoms with Gasteiger partial charge in [-0.15, -0.1) is 10.2 Å². The molecule has 3 rings (SSSR count). The van der Waals surface area contributed by atoms with Gasteiger partial charge in [-0.05, 0) is 37.0 Å². The number of hydrogen-bond acceptors (Lipinski definition) is 4. The summed E-state index contributed by atoms with van der Waals surface area (Å²) in [5.74, 6) is 1.12. The molecular weight excluding hydrogens is 228 g/mol. The zero-order valence-corrected chi connectivity index (χ0v) is 10.0. The van der Waals surface area contributed by atoms with E-state index in [9.17, 15) is 5.11 Å². The summed E-state index contributed by atoms with van der Waals surface area (Å²) in [7, 11) is 0. The minimum Gasteiger partial charge on any atom is -0.508 e. The Morgan fingerprint density at radius 2 is 2.06 bits per heavy atom. The van der Waals surface area contributed by atoms with Crippen molar-refractivity contribution < 1.29 is 5.11 Å². The molecule has 0 amide bonds. The Bertz CT molecular complexity index is 530. The van der Waals surface area contributed by atoms with Crippen LogP contribution in [0.15, 0.2) is 30.6 Å². The molecule has 0 radical (unpaired) electrons. The Morgan fingerprint density at radius 3 is 2.72 bits per heavy atom. The van der Waals surface area contributed by atoms with Crippen LogP contribution >= 0.6 is 0 Å². The summed E-state index contributed by atoms with van der Waals surface area (Å²) in [5, 5.41) is 17.3. The van der Waals surface area contributed by atoms with Gasteiger partial charge in [-0.1, -0.05) is 12.1 Å². The quantitative estimate of drug-likeness (QED) is 0.855. The molecule has 1 atom stereocenters. The maximum atomic E-state index is 9.24. The second kappa shape index (κ2) is 4.42. The van der Waals surface area contributed by atoms with Crippen LogP contribution in [0.4, 0.5) is 0 Å². The third kappa shape index (κ3) is 2.22. The molecule has 1 aromatic heterocycles. The zero-order valence-electron chi connectivity index (χ0n) is 10.0. The molecule has 18 heavy (non-hydrogen) atoms. The van der Waals surface area contributed by atoms with Crippen molar-refractivity contribution in [2.75, 3.05) is 0 Å². The molecule has 1 fully saturated rings. The van der Waals surface area contributed by atoms with Crippen LogP contribution in [0.5, 0.6) is 5.75 Å². The third-order valence-electron chi connectivity index (χ3n) is 3.26. The lowest BCUT2D eigenvalue weighted by Crippen LogP contribution is -2.18. The van der Waals surface area contributed by atoms with E-state index in [1.165, 1.54) is 12.8 Å². The highest BCUT2D eigenvalue weighted by Gasteiger charge is 2.27. The summed E-state index contributed by atoms with van der Waals surface area (Å²) < 4.78 is 2.09. The van der Waals surface area contributed by atoms with Gasteiger partial charge in [0.1, 0.15) is 17.9 Å². The predicted molar refractivity (Wildman–Crippen MR) is 67.0 cm³/mol. The van der Waals surface area contributed by atoms with Gasteiger partial charge < -0.3 is 15.4 Å². The van der Waals surface area contributed by atoms with Crippen molar-refractivity contribution in [3.63, 3.8) is 0 Å². The van der Waals surface area contributed by atoms with E-state index in [0.29, 0.717) is 12.5 Å². The molecule has 1 saturated carbocycles. The van der Waals surface area contributed by atoms with E-state index in [-0.39, 0.29) is 11.8 Å². The fourth-order valence-corrected chi connectivity index (χ4v) is 2.13. The molecule has 0 aliphatic heterocycles. The van der Waals surface area contributed by atoms with Crippen molar-refractivity contribution in [1.29, 1.82) is 0 Å². The first kappa shape index (κ1) is 11.2. The molecule has 1 aliphatic rings. The van der Waals surface area contributed by atoms with Gasteiger partial charge in [0.05, 0.1) is 6.04 Å². The monoisotopic (exact) mass is 244 g/mol. The summed E-state index contributed by atoms with van der Waals surface area (Å²) in [6, 6.07) is 7.50. The minimum atomic E-state index is -0.155. The highest BCUT2D eigenvalue weighted by Crippen LogP contribution is 2.36. The maximum absolute atomic E-state index is 9.24. The van der Waals surface area contributed by atoms with E-state index >= 15 is 0 Å². The molecule has 5 heteroatoms. The molecule has 94 valence electrons. The number of hydrogen-bond donors (Lipinski definition) is 2. The summed E-state index contributed by atoms with van der Waals surface area (Å²) in [5.41, 5.74) is 7.28. The van der Waals surface area contributed by atoms with Gasteiger partial charge in [-0.2, -0.15) is 0 Å². The maximum Gasteiger partial charge on any atom is 0.150 e. The van der Waals surface area contributed by atoms with E-state index in [0.717, 1.165) is 11.4 Å². The molecule has 2 aromatic rings. The third-order valence-corrected chi connectivity index (χ3v) is 3.26. The van der Waals surface area contributed by atoms with E-state index in [4.69, 9.17) is 5.73 Å². The lowest BCUT2D eigenvalue weighted by Gasteiger charge is -2.12. The molecule has 1 heterocycles. The topological polar surface area (TPSA) is 77.0 Å². The second-order valence-corrected chi connectivity index (χ2v) is 4.80. The number of aromatic hydroxyl groups is 1. The molecule has 3 N–H and O–H groups in total. The second-order valence-electron chi connectivity index (χ2n) is 4.80. The molecular formula is C13H16N4O. The average molecular weight is 244 g/mol. The highest BCUT2D eigenvalue weighted by molar-refractivity contribution is 5.26. The van der Waals surface area contributed by atoms with Crippen LogP contribution in [0.3, 0.4) is 0 Å². The van der Waals surface area contributed by atoms with Gasteiger partial charge in [0.25, 0.3) is 0 Å². The first-order valence-corrected chi connectivity index (χ1v) is 6.17. The molecule has 1 unspecified atom stereocenters. The van der Waals surface area contributed by atoms with Crippen molar-refractivity contribution in [3.8, 4) is 5.75 Å². The van der Waals surface area contributed by atoms with E-state index in [1.807, 2.05) is 12.1 Å². The van der Waals surface area contributed by atoms with Gasteiger partial charge in [0, 0.05) is 6.04 Å². The zero-order chi connectivity index (χ0) is 12.5. The highest BCUT2D eigenvalue weighted by atomic mass is 16.3. The number of nitrogens with zero attached hydrogens (tertiary/aromatic N) is 3. The Morgan fingerprint density at radius 1 is 1.33 bits per heavy atom. The SMILES string of the molecule is NC(Cc1ccc(O)cc1)c1nncn1C1CC1. The number of rotatable bonds is 4. The number of phenols is 1. The average Bonchev–Trinajstić information content (AvgIpc) is 3.09. The van der Waals surface area contributed by atoms with Crippen LogP contribution in [0.1, 0.15) is 36.3 Å². The van der Waals surface area contributed by atoms with Gasteiger partial charge in [-0.3, -0.25) is 0 Å². The Hall–Kier alpha value is -1.88. The van der Waals surface area contributed by atoms with Crippen LogP contribution in [-0.2, 0) is 6.42 Å². The van der Waals surface area contributed by atoms with Crippen LogP contribution in [0.25, 0.3) is 0 Å². The van der Waals surface area contributed by atoms with Gasteiger partial charge in [-0.25, -0.2) is 0 Å². The Balaban J connectivity index is 1.75. The van der Waals surface area contributed by atoms with Crippen molar-refractivity contribution in [3.05, 3.63) is 42.0 Å². The fraction of sp³-hybridized carbons (Fsp3) is 0.385. The molecule has 0 bridgehead atoms. The number of nitrogens with two attached hydrogens (primary N) is 1. The molecule has 0 spiro atoms. The van der Waals surface area contributed by atoms with Crippen molar-refractivity contribution >= 4 is 0 Å². The van der Waals surface area contributed by atoms with Gasteiger partial charge >= 0.3 is 0 Å². The summed E-state index contributed by atoms with van der Waals surface area (Å²) in [6.45, 7) is 0. The standard InChI is InChI=1S/C13H16N4O/c14-12(7-9-1-5-11(18)6-2-9)13-16-15-8-17(13)10-3-4-10/h1-2,5-6,8,10,12,18H,3-4,7,14H2. The summed E-state index contributed by atoms with van der Waals surface area (Å²) >= 11 is 0. The fourth-order valence-electron chi connectivity index (χ4n) is 2.13. The summed E-state index contributed by atoms with van der Waals surface area (Å²) in [4.78, 5) is 0. The van der Waals surface area contributed by atoms with Gasteiger partial charge in [0.2, 0.25) is 0 Å². The van der Waals surface area contributed by atoms with Crippen molar-refractivity contribution in [2.45, 2.75) is 31.3 Å². The molecule has 1 aromatic carbocycles. The lowest BCUT2D eigenvalue weighted by molar-refractivity contribution is 0.475. The van der Waals surface area contributed by atoms with Crippen LogP contribution in [-0.4, -0.2) is 19.9 Å². The van der Waals surface area contributed by atoms with Crippen LogP contribution in [0.2, 0.25) is 0 Å². The van der Waals surface area contributed by atoms with Crippen molar-refractivity contribution in [1.82, 2.24) is 14.8 Å². The first-order valence-electron chi connectivity index (χ1n) is 6.17. The summed E-state index contributed by atoms with van der Waals surface area (Å²) in [6.07, 6.45) is 4.85. The number of aromatic nitrogens is 3. The largest absolute Gasteiger partial charge is 0.508 e. The van der Waals surface area contributed by atoms with Crippen LogP contribution in [0, 0.1) is 0 Å². The Labute approximate surface area is 105 Å². The molecule has 0 saturated heterocycles. The van der Waals surface area contributed by atoms with E-state index in [1.54, 1.807) is 18.5 Å². The van der Waals surface area contributed by atoms with Crippen molar-refractivity contribution in [2.24, 2.45) is 5.73 Å². The molecule has 1 aliphatic carbocycles. The van der Waals surface area contributed by atoms with E-state index in [2.05, 4.69) is 14.8 Å². The Kier molecular flexibility index (Phi) is 2.76. The lowest BCUT2D eigenvalue weighted by atomic mass is 10.1. The van der Waals surface area contributed by atoms with Crippen LogP contribution < -0.4 is 5.73 Å². The smallest absolute Gasteiger partial charge is 0.150 e. The molecule has 5 nitrogen and oxygen atoms in total. The van der Waals surface area contributed by atoms with E-state index < -0.39 is 0 Å². The number of phenolic OH excluding ortho intramolecular Hbond substituents is 1. The minimum absolute atomic E-state index is 0.155.